The van der Waals surface area contributed by atoms with Gasteiger partial charge in [0.15, 0.2) is 0 Å². The molecule has 76 valence electrons. The zero-order valence-electron chi connectivity index (χ0n) is 8.33. The summed E-state index contributed by atoms with van der Waals surface area (Å²) in [6.07, 6.45) is 0. The lowest BCUT2D eigenvalue weighted by molar-refractivity contribution is -0.118. The molecule has 1 rings (SSSR count). The van der Waals surface area contributed by atoms with Gasteiger partial charge < -0.3 is 15.4 Å². The second kappa shape index (κ2) is 5.11. The Balaban J connectivity index is 2.47. The molecule has 0 atom stereocenters. The van der Waals surface area contributed by atoms with Gasteiger partial charge in [0, 0.05) is 12.7 Å². The number of benzene rings is 1. The summed E-state index contributed by atoms with van der Waals surface area (Å²) >= 11 is 0. The van der Waals surface area contributed by atoms with Crippen LogP contribution in [0.1, 0.15) is 0 Å². The first kappa shape index (κ1) is 10.4. The molecule has 0 bridgehead atoms. The van der Waals surface area contributed by atoms with Crippen LogP contribution in [-0.4, -0.2) is 26.6 Å². The minimum Gasteiger partial charge on any atom is -0.497 e. The molecule has 1 aromatic rings. The summed E-state index contributed by atoms with van der Waals surface area (Å²) in [4.78, 5) is 10.9. The van der Waals surface area contributed by atoms with Crippen LogP contribution in [0.2, 0.25) is 0 Å². The number of ether oxygens (including phenoxy) is 1. The molecule has 0 saturated heterocycles. The largest absolute Gasteiger partial charge is 0.497 e. The third kappa shape index (κ3) is 2.97. The molecule has 0 saturated carbocycles. The number of hydrogen-bond acceptors (Lipinski definition) is 3. The van der Waals surface area contributed by atoms with E-state index in [-0.39, 0.29) is 12.5 Å². The summed E-state index contributed by atoms with van der Waals surface area (Å²) in [6.45, 7) is 0.281. The molecule has 0 aromatic heterocycles. The Labute approximate surface area is 83.3 Å². The lowest BCUT2D eigenvalue weighted by Gasteiger charge is -2.05. The van der Waals surface area contributed by atoms with Gasteiger partial charge in [-0.2, -0.15) is 0 Å². The van der Waals surface area contributed by atoms with E-state index in [1.54, 1.807) is 14.2 Å². The minimum atomic E-state index is -0.0409. The van der Waals surface area contributed by atoms with Gasteiger partial charge in [0.2, 0.25) is 5.91 Å². The summed E-state index contributed by atoms with van der Waals surface area (Å²) in [7, 11) is 3.23. The fourth-order valence-corrected chi connectivity index (χ4v) is 0.980. The van der Waals surface area contributed by atoms with Crippen molar-refractivity contribution >= 4 is 11.6 Å². The Bertz CT molecular complexity index is 295. The van der Waals surface area contributed by atoms with Crippen LogP contribution in [0.3, 0.4) is 0 Å². The predicted molar refractivity (Wildman–Crippen MR) is 55.6 cm³/mol. The summed E-state index contributed by atoms with van der Waals surface area (Å²) in [5, 5.41) is 5.51. The number of hydrogen-bond donors (Lipinski definition) is 2. The molecule has 0 spiro atoms. The van der Waals surface area contributed by atoms with E-state index in [0.717, 1.165) is 11.4 Å². The van der Waals surface area contributed by atoms with Crippen LogP contribution in [0.4, 0.5) is 5.69 Å². The summed E-state index contributed by atoms with van der Waals surface area (Å²) < 4.78 is 5.01. The van der Waals surface area contributed by atoms with Crippen molar-refractivity contribution in [3.8, 4) is 5.75 Å². The molecule has 0 heterocycles. The average molecular weight is 194 g/mol. The van der Waals surface area contributed by atoms with E-state index < -0.39 is 0 Å². The maximum atomic E-state index is 10.9. The maximum absolute atomic E-state index is 10.9. The summed E-state index contributed by atoms with van der Waals surface area (Å²) in [5.74, 6) is 0.760. The summed E-state index contributed by atoms with van der Waals surface area (Å²) in [5.41, 5.74) is 0.898. The van der Waals surface area contributed by atoms with E-state index >= 15 is 0 Å². The highest BCUT2D eigenvalue weighted by Crippen LogP contribution is 2.14. The van der Waals surface area contributed by atoms with Gasteiger partial charge in [0.1, 0.15) is 5.75 Å². The molecule has 1 amide bonds. The molecule has 14 heavy (non-hydrogen) atoms. The number of anilines is 1. The Morgan fingerprint density at radius 3 is 2.50 bits per heavy atom. The molecule has 0 aliphatic heterocycles. The molecule has 4 nitrogen and oxygen atoms in total. The van der Waals surface area contributed by atoms with Gasteiger partial charge in [0.05, 0.1) is 13.7 Å². The molecular weight excluding hydrogens is 180 g/mol. The number of carbonyl (C=O) groups is 1. The predicted octanol–water partition coefficient (Wildman–Crippen LogP) is 0.853. The molecule has 0 fully saturated rings. The topological polar surface area (TPSA) is 50.4 Å². The quantitative estimate of drug-likeness (QED) is 0.747. The molecule has 1 aromatic carbocycles. The third-order valence-electron chi connectivity index (χ3n) is 1.82. The van der Waals surface area contributed by atoms with Crippen molar-refractivity contribution in [3.05, 3.63) is 24.3 Å². The number of rotatable bonds is 4. The fraction of sp³-hybridized carbons (Fsp3) is 0.300. The Morgan fingerprint density at radius 2 is 2.00 bits per heavy atom. The van der Waals surface area contributed by atoms with Crippen LogP contribution < -0.4 is 15.4 Å². The van der Waals surface area contributed by atoms with E-state index in [1.165, 1.54) is 0 Å². The SMILES string of the molecule is CNC(=O)CNc1ccc(OC)cc1. The summed E-state index contributed by atoms with van der Waals surface area (Å²) in [6, 6.07) is 7.40. The van der Waals surface area contributed by atoms with Crippen molar-refractivity contribution in [1.29, 1.82) is 0 Å². The lowest BCUT2D eigenvalue weighted by Crippen LogP contribution is -2.26. The lowest BCUT2D eigenvalue weighted by atomic mass is 10.3. The molecule has 0 aliphatic carbocycles. The highest BCUT2D eigenvalue weighted by Gasteiger charge is 1.97. The first-order valence-corrected chi connectivity index (χ1v) is 4.34. The fourth-order valence-electron chi connectivity index (χ4n) is 0.980. The third-order valence-corrected chi connectivity index (χ3v) is 1.82. The Morgan fingerprint density at radius 1 is 1.36 bits per heavy atom. The first-order valence-electron chi connectivity index (χ1n) is 4.34. The van der Waals surface area contributed by atoms with E-state index in [4.69, 9.17) is 4.74 Å². The minimum absolute atomic E-state index is 0.0409. The zero-order valence-corrected chi connectivity index (χ0v) is 8.33. The highest BCUT2D eigenvalue weighted by molar-refractivity contribution is 5.80. The van der Waals surface area contributed by atoms with Crippen LogP contribution in [0, 0.1) is 0 Å². The van der Waals surface area contributed by atoms with Crippen molar-refractivity contribution in [2.24, 2.45) is 0 Å². The monoisotopic (exact) mass is 194 g/mol. The smallest absolute Gasteiger partial charge is 0.239 e. The number of amides is 1. The molecule has 0 radical (unpaired) electrons. The normalized spacial score (nSPS) is 9.29. The number of nitrogens with one attached hydrogen (secondary N) is 2. The van der Waals surface area contributed by atoms with Gasteiger partial charge in [-0.1, -0.05) is 0 Å². The van der Waals surface area contributed by atoms with E-state index in [2.05, 4.69) is 10.6 Å². The Kier molecular flexibility index (Phi) is 3.79. The van der Waals surface area contributed by atoms with Gasteiger partial charge in [0.25, 0.3) is 0 Å². The van der Waals surface area contributed by atoms with E-state index in [0.29, 0.717) is 0 Å². The van der Waals surface area contributed by atoms with Crippen LogP contribution in [-0.2, 0) is 4.79 Å². The van der Waals surface area contributed by atoms with Gasteiger partial charge in [-0.3, -0.25) is 4.79 Å². The van der Waals surface area contributed by atoms with Crippen molar-refractivity contribution in [1.82, 2.24) is 5.32 Å². The van der Waals surface area contributed by atoms with Crippen molar-refractivity contribution in [3.63, 3.8) is 0 Å². The average Bonchev–Trinajstić information content (AvgIpc) is 2.26. The standard InChI is InChI=1S/C10H14N2O2/c1-11-10(13)7-12-8-3-5-9(14-2)6-4-8/h3-6,12H,7H2,1-2H3,(H,11,13). The Hall–Kier alpha value is -1.71. The van der Waals surface area contributed by atoms with E-state index in [9.17, 15) is 4.79 Å². The number of carbonyl (C=O) groups excluding carboxylic acids is 1. The highest BCUT2D eigenvalue weighted by atomic mass is 16.5. The van der Waals surface area contributed by atoms with Gasteiger partial charge >= 0.3 is 0 Å². The van der Waals surface area contributed by atoms with Crippen molar-refractivity contribution in [2.45, 2.75) is 0 Å². The number of methoxy groups -OCH3 is 1. The molecular formula is C10H14N2O2. The molecule has 2 N–H and O–H groups in total. The maximum Gasteiger partial charge on any atom is 0.239 e. The van der Waals surface area contributed by atoms with Crippen LogP contribution >= 0.6 is 0 Å². The van der Waals surface area contributed by atoms with Gasteiger partial charge in [-0.15, -0.1) is 0 Å². The molecule has 0 unspecified atom stereocenters. The van der Waals surface area contributed by atoms with Gasteiger partial charge in [-0.05, 0) is 24.3 Å². The number of likely N-dealkylation sites (N-methyl/N-ethyl adjacent to an activating group) is 1. The van der Waals surface area contributed by atoms with Crippen LogP contribution in [0.25, 0.3) is 0 Å². The van der Waals surface area contributed by atoms with Crippen molar-refractivity contribution in [2.75, 3.05) is 26.0 Å². The second-order valence-electron chi connectivity index (χ2n) is 2.76. The first-order chi connectivity index (χ1) is 6.76. The van der Waals surface area contributed by atoms with Crippen LogP contribution in [0.5, 0.6) is 5.75 Å². The van der Waals surface area contributed by atoms with Gasteiger partial charge in [-0.25, -0.2) is 0 Å². The molecule has 0 aliphatic rings. The van der Waals surface area contributed by atoms with Crippen LogP contribution in [0.15, 0.2) is 24.3 Å². The van der Waals surface area contributed by atoms with E-state index in [1.807, 2.05) is 24.3 Å². The van der Waals surface area contributed by atoms with Crippen molar-refractivity contribution < 1.29 is 9.53 Å². The second-order valence-corrected chi connectivity index (χ2v) is 2.76. The molecule has 4 heteroatoms. The zero-order chi connectivity index (χ0) is 10.4.